The van der Waals surface area contributed by atoms with Gasteiger partial charge in [0.15, 0.2) is 0 Å². The fraction of sp³-hybridized carbons (Fsp3) is 0.259. The second-order valence-corrected chi connectivity index (χ2v) is 8.23. The standard InChI is InChI=1S/C27H28N4O/c1-4-10-22(11-5-1)26(23-12-6-2-7-13-23)31-20-18-30(19-21-31)17-16-25-28-27(29-32-25)24-14-8-3-9-15-24/h1-15,26H,16-21H2. The third kappa shape index (κ3) is 4.79. The van der Waals surface area contributed by atoms with Crippen molar-refractivity contribution in [2.45, 2.75) is 12.5 Å². The number of nitrogens with zero attached hydrogens (tertiary/aromatic N) is 4. The predicted octanol–water partition coefficient (Wildman–Crippen LogP) is 4.69. The Kier molecular flexibility index (Phi) is 6.37. The van der Waals surface area contributed by atoms with E-state index in [0.29, 0.717) is 17.8 Å². The molecule has 1 fully saturated rings. The molecule has 5 nitrogen and oxygen atoms in total. The summed E-state index contributed by atoms with van der Waals surface area (Å²) in [4.78, 5) is 9.67. The summed E-state index contributed by atoms with van der Waals surface area (Å²) in [6.45, 7) is 5.08. The van der Waals surface area contributed by atoms with Gasteiger partial charge in [-0.2, -0.15) is 4.98 Å². The Morgan fingerprint density at radius 3 is 1.88 bits per heavy atom. The molecule has 32 heavy (non-hydrogen) atoms. The Balaban J connectivity index is 1.20. The van der Waals surface area contributed by atoms with E-state index >= 15 is 0 Å². The second-order valence-electron chi connectivity index (χ2n) is 8.23. The van der Waals surface area contributed by atoms with Crippen molar-refractivity contribution in [2.75, 3.05) is 32.7 Å². The van der Waals surface area contributed by atoms with Gasteiger partial charge in [0.05, 0.1) is 6.04 Å². The first-order valence-electron chi connectivity index (χ1n) is 11.3. The van der Waals surface area contributed by atoms with Crippen molar-refractivity contribution in [3.8, 4) is 11.4 Å². The van der Waals surface area contributed by atoms with Gasteiger partial charge in [-0.05, 0) is 11.1 Å². The first-order valence-corrected chi connectivity index (χ1v) is 11.3. The van der Waals surface area contributed by atoms with Gasteiger partial charge in [0.1, 0.15) is 0 Å². The van der Waals surface area contributed by atoms with Gasteiger partial charge in [-0.25, -0.2) is 0 Å². The highest BCUT2D eigenvalue weighted by Gasteiger charge is 2.26. The van der Waals surface area contributed by atoms with Gasteiger partial charge >= 0.3 is 0 Å². The first kappa shape index (κ1) is 20.6. The molecular weight excluding hydrogens is 396 g/mol. The van der Waals surface area contributed by atoms with Gasteiger partial charge in [0, 0.05) is 44.7 Å². The molecule has 1 saturated heterocycles. The SMILES string of the molecule is c1ccc(-c2noc(CCN3CCN(C(c4ccccc4)c4ccccc4)CC3)n2)cc1. The van der Waals surface area contributed by atoms with Crippen LogP contribution in [0.5, 0.6) is 0 Å². The van der Waals surface area contributed by atoms with Crippen molar-refractivity contribution >= 4 is 0 Å². The lowest BCUT2D eigenvalue weighted by atomic mass is 9.96. The Morgan fingerprint density at radius 2 is 1.28 bits per heavy atom. The molecule has 2 heterocycles. The minimum atomic E-state index is 0.295. The van der Waals surface area contributed by atoms with Crippen LogP contribution >= 0.6 is 0 Å². The number of hydrogen-bond donors (Lipinski definition) is 0. The van der Waals surface area contributed by atoms with Crippen LogP contribution in [-0.2, 0) is 6.42 Å². The highest BCUT2D eigenvalue weighted by Crippen LogP contribution is 2.29. The van der Waals surface area contributed by atoms with E-state index in [9.17, 15) is 0 Å². The molecule has 0 N–H and O–H groups in total. The molecule has 0 aliphatic carbocycles. The molecule has 1 aliphatic rings. The second kappa shape index (κ2) is 9.90. The lowest BCUT2D eigenvalue weighted by molar-refractivity contribution is 0.108. The van der Waals surface area contributed by atoms with Crippen LogP contribution in [0, 0.1) is 0 Å². The average Bonchev–Trinajstić information content (AvgIpc) is 3.35. The summed E-state index contributed by atoms with van der Waals surface area (Å²) in [5, 5.41) is 4.14. The van der Waals surface area contributed by atoms with Crippen LogP contribution in [0.3, 0.4) is 0 Å². The highest BCUT2D eigenvalue weighted by molar-refractivity contribution is 5.53. The third-order valence-corrected chi connectivity index (χ3v) is 6.14. The van der Waals surface area contributed by atoms with E-state index in [1.165, 1.54) is 11.1 Å². The zero-order valence-corrected chi connectivity index (χ0v) is 18.2. The molecule has 3 aromatic carbocycles. The Bertz CT molecular complexity index is 1050. The first-order chi connectivity index (χ1) is 15.9. The van der Waals surface area contributed by atoms with Gasteiger partial charge in [0.25, 0.3) is 0 Å². The molecule has 0 radical (unpaired) electrons. The monoisotopic (exact) mass is 424 g/mol. The summed E-state index contributed by atoms with van der Waals surface area (Å²) in [6, 6.07) is 31.9. The van der Waals surface area contributed by atoms with E-state index in [1.807, 2.05) is 30.3 Å². The number of benzene rings is 3. The third-order valence-electron chi connectivity index (χ3n) is 6.14. The molecule has 4 aromatic rings. The molecule has 162 valence electrons. The van der Waals surface area contributed by atoms with E-state index in [1.54, 1.807) is 0 Å². The zero-order chi connectivity index (χ0) is 21.6. The molecule has 0 atom stereocenters. The normalized spacial score (nSPS) is 15.3. The van der Waals surface area contributed by atoms with Crippen LogP contribution in [0.1, 0.15) is 23.1 Å². The van der Waals surface area contributed by atoms with E-state index in [0.717, 1.165) is 44.7 Å². The maximum Gasteiger partial charge on any atom is 0.228 e. The van der Waals surface area contributed by atoms with Crippen molar-refractivity contribution in [1.29, 1.82) is 0 Å². The van der Waals surface area contributed by atoms with Crippen LogP contribution in [0.4, 0.5) is 0 Å². The van der Waals surface area contributed by atoms with E-state index in [2.05, 4.69) is 80.6 Å². The van der Waals surface area contributed by atoms with Crippen molar-refractivity contribution in [3.05, 3.63) is 108 Å². The highest BCUT2D eigenvalue weighted by atomic mass is 16.5. The molecule has 1 aliphatic heterocycles. The predicted molar refractivity (Wildman–Crippen MR) is 126 cm³/mol. The quantitative estimate of drug-likeness (QED) is 0.431. The molecule has 0 saturated carbocycles. The lowest BCUT2D eigenvalue weighted by Gasteiger charge is -2.39. The van der Waals surface area contributed by atoms with Crippen LogP contribution in [0.15, 0.2) is 95.5 Å². The van der Waals surface area contributed by atoms with Crippen LogP contribution in [0.2, 0.25) is 0 Å². The number of piperazine rings is 1. The molecule has 0 bridgehead atoms. The zero-order valence-electron chi connectivity index (χ0n) is 18.2. The molecule has 0 spiro atoms. The summed E-state index contributed by atoms with van der Waals surface area (Å²) >= 11 is 0. The average molecular weight is 425 g/mol. The van der Waals surface area contributed by atoms with Gasteiger partial charge in [-0.1, -0.05) is 96.2 Å². The largest absolute Gasteiger partial charge is 0.339 e. The maximum atomic E-state index is 5.49. The number of hydrogen-bond acceptors (Lipinski definition) is 5. The van der Waals surface area contributed by atoms with Crippen LogP contribution < -0.4 is 0 Å². The van der Waals surface area contributed by atoms with Crippen molar-refractivity contribution < 1.29 is 4.52 Å². The van der Waals surface area contributed by atoms with Gasteiger partial charge in [0.2, 0.25) is 11.7 Å². The fourth-order valence-electron chi connectivity index (χ4n) is 4.44. The Labute approximate surface area is 189 Å². The molecule has 0 unspecified atom stereocenters. The van der Waals surface area contributed by atoms with Gasteiger partial charge < -0.3 is 9.42 Å². The summed E-state index contributed by atoms with van der Waals surface area (Å²) in [7, 11) is 0. The minimum Gasteiger partial charge on any atom is -0.339 e. The smallest absolute Gasteiger partial charge is 0.228 e. The van der Waals surface area contributed by atoms with E-state index < -0.39 is 0 Å². The molecule has 1 aromatic heterocycles. The Morgan fingerprint density at radius 1 is 0.719 bits per heavy atom. The van der Waals surface area contributed by atoms with Crippen molar-refractivity contribution in [1.82, 2.24) is 19.9 Å². The maximum absolute atomic E-state index is 5.49. The van der Waals surface area contributed by atoms with Gasteiger partial charge in [-0.15, -0.1) is 0 Å². The number of aromatic nitrogens is 2. The van der Waals surface area contributed by atoms with Crippen LogP contribution in [-0.4, -0.2) is 52.7 Å². The topological polar surface area (TPSA) is 45.4 Å². The van der Waals surface area contributed by atoms with Crippen LogP contribution in [0.25, 0.3) is 11.4 Å². The summed E-state index contributed by atoms with van der Waals surface area (Å²) in [6.07, 6.45) is 0.778. The summed E-state index contributed by atoms with van der Waals surface area (Å²) < 4.78 is 5.49. The fourth-order valence-corrected chi connectivity index (χ4v) is 4.44. The van der Waals surface area contributed by atoms with E-state index in [4.69, 9.17) is 4.52 Å². The molecule has 5 rings (SSSR count). The van der Waals surface area contributed by atoms with Crippen molar-refractivity contribution in [3.63, 3.8) is 0 Å². The Hall–Kier alpha value is -3.28. The van der Waals surface area contributed by atoms with Gasteiger partial charge in [-0.3, -0.25) is 4.90 Å². The summed E-state index contributed by atoms with van der Waals surface area (Å²) in [5.74, 6) is 1.37. The van der Waals surface area contributed by atoms with Crippen molar-refractivity contribution in [2.24, 2.45) is 0 Å². The number of rotatable bonds is 7. The minimum absolute atomic E-state index is 0.295. The lowest BCUT2D eigenvalue weighted by Crippen LogP contribution is -2.48. The molecular formula is C27H28N4O. The summed E-state index contributed by atoms with van der Waals surface area (Å²) in [5.41, 5.74) is 3.70. The van der Waals surface area contributed by atoms with E-state index in [-0.39, 0.29) is 0 Å². The molecule has 0 amide bonds. The molecule has 5 heteroatoms.